The molecule has 0 unspecified atom stereocenters. The molecule has 1 heterocycles. The van der Waals surface area contributed by atoms with Gasteiger partial charge in [-0.3, -0.25) is 0 Å². The molecule has 0 bridgehead atoms. The lowest BCUT2D eigenvalue weighted by Gasteiger charge is -2.24. The maximum Gasteiger partial charge on any atom is 0.0550 e. The average molecular weight is 275 g/mol. The first kappa shape index (κ1) is 10.5. The highest BCUT2D eigenvalue weighted by Crippen LogP contribution is 2.35. The molecular weight excluding hydrogens is 261 g/mol. The SMILES string of the molecule is Clc1cccc(C2CCNCC2)c1Br. The van der Waals surface area contributed by atoms with Crippen LogP contribution in [-0.2, 0) is 0 Å². The van der Waals surface area contributed by atoms with Gasteiger partial charge in [-0.1, -0.05) is 23.7 Å². The zero-order valence-corrected chi connectivity index (χ0v) is 10.2. The predicted octanol–water partition coefficient (Wildman–Crippen LogP) is 3.57. The number of benzene rings is 1. The topological polar surface area (TPSA) is 12.0 Å². The molecule has 0 aliphatic carbocycles. The Hall–Kier alpha value is -0.0500. The zero-order valence-electron chi connectivity index (χ0n) is 7.89. The van der Waals surface area contributed by atoms with E-state index in [0.717, 1.165) is 22.6 Å². The van der Waals surface area contributed by atoms with Gasteiger partial charge in [0.15, 0.2) is 0 Å². The second-order valence-electron chi connectivity index (χ2n) is 3.67. The van der Waals surface area contributed by atoms with Crippen LogP contribution in [0.5, 0.6) is 0 Å². The van der Waals surface area contributed by atoms with Crippen LogP contribution in [0, 0.1) is 0 Å². The Morgan fingerprint density at radius 2 is 2.00 bits per heavy atom. The van der Waals surface area contributed by atoms with Crippen molar-refractivity contribution in [3.8, 4) is 0 Å². The molecule has 0 atom stereocenters. The van der Waals surface area contributed by atoms with Gasteiger partial charge in [-0.05, 0) is 59.4 Å². The normalized spacial score (nSPS) is 18.4. The van der Waals surface area contributed by atoms with Gasteiger partial charge < -0.3 is 5.32 Å². The lowest BCUT2D eigenvalue weighted by Crippen LogP contribution is -2.26. The first-order chi connectivity index (χ1) is 6.79. The van der Waals surface area contributed by atoms with Crippen molar-refractivity contribution in [1.82, 2.24) is 5.32 Å². The van der Waals surface area contributed by atoms with E-state index >= 15 is 0 Å². The molecule has 0 aromatic heterocycles. The second-order valence-corrected chi connectivity index (χ2v) is 4.87. The molecule has 0 saturated carbocycles. The zero-order chi connectivity index (χ0) is 9.97. The summed E-state index contributed by atoms with van der Waals surface area (Å²) in [5.41, 5.74) is 1.36. The van der Waals surface area contributed by atoms with Crippen LogP contribution >= 0.6 is 27.5 Å². The van der Waals surface area contributed by atoms with Crippen LogP contribution < -0.4 is 5.32 Å². The van der Waals surface area contributed by atoms with E-state index in [9.17, 15) is 0 Å². The third-order valence-electron chi connectivity index (χ3n) is 2.76. The van der Waals surface area contributed by atoms with Gasteiger partial charge in [-0.15, -0.1) is 0 Å². The van der Waals surface area contributed by atoms with Gasteiger partial charge in [0.1, 0.15) is 0 Å². The largest absolute Gasteiger partial charge is 0.317 e. The summed E-state index contributed by atoms with van der Waals surface area (Å²) in [6, 6.07) is 6.13. The smallest absolute Gasteiger partial charge is 0.0550 e. The number of piperidine rings is 1. The van der Waals surface area contributed by atoms with Crippen molar-refractivity contribution in [1.29, 1.82) is 0 Å². The number of halogens is 2. The van der Waals surface area contributed by atoms with E-state index in [-0.39, 0.29) is 0 Å². The molecule has 1 N–H and O–H groups in total. The first-order valence-electron chi connectivity index (χ1n) is 4.93. The fourth-order valence-electron chi connectivity index (χ4n) is 1.97. The summed E-state index contributed by atoms with van der Waals surface area (Å²) in [4.78, 5) is 0. The highest BCUT2D eigenvalue weighted by Gasteiger charge is 2.18. The molecule has 0 amide bonds. The van der Waals surface area contributed by atoms with Crippen molar-refractivity contribution in [3.63, 3.8) is 0 Å². The Kier molecular flexibility index (Phi) is 3.47. The maximum absolute atomic E-state index is 6.07. The number of hydrogen-bond donors (Lipinski definition) is 1. The van der Waals surface area contributed by atoms with Crippen LogP contribution in [0.1, 0.15) is 24.3 Å². The molecule has 76 valence electrons. The van der Waals surface area contributed by atoms with Crippen LogP contribution in [0.25, 0.3) is 0 Å². The highest BCUT2D eigenvalue weighted by molar-refractivity contribution is 9.10. The lowest BCUT2D eigenvalue weighted by molar-refractivity contribution is 0.459. The Balaban J connectivity index is 2.26. The third-order valence-corrected chi connectivity index (χ3v) is 4.19. The summed E-state index contributed by atoms with van der Waals surface area (Å²) < 4.78 is 1.08. The van der Waals surface area contributed by atoms with Gasteiger partial charge in [-0.25, -0.2) is 0 Å². The summed E-state index contributed by atoms with van der Waals surface area (Å²) in [5.74, 6) is 0.657. The van der Waals surface area contributed by atoms with E-state index in [4.69, 9.17) is 11.6 Å². The standard InChI is InChI=1S/C11H13BrClN/c12-11-9(2-1-3-10(11)13)8-4-6-14-7-5-8/h1-3,8,14H,4-7H2. The van der Waals surface area contributed by atoms with Crippen LogP contribution in [-0.4, -0.2) is 13.1 Å². The van der Waals surface area contributed by atoms with E-state index in [0.29, 0.717) is 5.92 Å². The van der Waals surface area contributed by atoms with Crippen molar-refractivity contribution in [2.24, 2.45) is 0 Å². The van der Waals surface area contributed by atoms with Gasteiger partial charge in [0.25, 0.3) is 0 Å². The van der Waals surface area contributed by atoms with Crippen LogP contribution in [0.2, 0.25) is 5.02 Å². The van der Waals surface area contributed by atoms with E-state index in [2.05, 4.69) is 27.3 Å². The van der Waals surface area contributed by atoms with Crippen molar-refractivity contribution >= 4 is 27.5 Å². The van der Waals surface area contributed by atoms with Crippen molar-refractivity contribution in [2.45, 2.75) is 18.8 Å². The molecule has 1 aromatic carbocycles. The fourth-order valence-corrected chi connectivity index (χ4v) is 2.74. The lowest BCUT2D eigenvalue weighted by atomic mass is 9.90. The Bertz CT molecular complexity index is 321. The van der Waals surface area contributed by atoms with Crippen LogP contribution in [0.3, 0.4) is 0 Å². The summed E-state index contributed by atoms with van der Waals surface area (Å²) >= 11 is 9.63. The summed E-state index contributed by atoms with van der Waals surface area (Å²) in [5, 5.41) is 4.19. The fraction of sp³-hybridized carbons (Fsp3) is 0.455. The third kappa shape index (κ3) is 2.13. The van der Waals surface area contributed by atoms with Gasteiger partial charge in [-0.2, -0.15) is 0 Å². The minimum absolute atomic E-state index is 0.657. The van der Waals surface area contributed by atoms with Gasteiger partial charge in [0.2, 0.25) is 0 Å². The molecule has 14 heavy (non-hydrogen) atoms. The quantitative estimate of drug-likeness (QED) is 0.825. The van der Waals surface area contributed by atoms with Crippen LogP contribution in [0.15, 0.2) is 22.7 Å². The van der Waals surface area contributed by atoms with E-state index < -0.39 is 0 Å². The molecule has 0 radical (unpaired) electrons. The molecule has 3 heteroatoms. The van der Waals surface area contributed by atoms with E-state index in [1.165, 1.54) is 18.4 Å². The summed E-state index contributed by atoms with van der Waals surface area (Å²) in [6.45, 7) is 2.23. The number of nitrogens with one attached hydrogen (secondary N) is 1. The molecule has 1 fully saturated rings. The molecule has 1 aromatic rings. The molecule has 1 saturated heterocycles. The molecule has 0 spiro atoms. The Labute approximate surface area is 98.0 Å². The average Bonchev–Trinajstić information content (AvgIpc) is 2.23. The minimum atomic E-state index is 0.657. The number of hydrogen-bond acceptors (Lipinski definition) is 1. The molecule has 1 aliphatic heterocycles. The maximum atomic E-state index is 6.07. The van der Waals surface area contributed by atoms with Crippen molar-refractivity contribution in [2.75, 3.05) is 13.1 Å². The Morgan fingerprint density at radius 1 is 1.29 bits per heavy atom. The highest BCUT2D eigenvalue weighted by atomic mass is 79.9. The molecule has 1 aliphatic rings. The molecular formula is C11H13BrClN. The first-order valence-corrected chi connectivity index (χ1v) is 6.11. The van der Waals surface area contributed by atoms with Crippen molar-refractivity contribution in [3.05, 3.63) is 33.3 Å². The predicted molar refractivity (Wildman–Crippen MR) is 64.0 cm³/mol. The summed E-state index contributed by atoms with van der Waals surface area (Å²) in [7, 11) is 0. The molecule has 1 nitrogen and oxygen atoms in total. The van der Waals surface area contributed by atoms with Gasteiger partial charge >= 0.3 is 0 Å². The van der Waals surface area contributed by atoms with E-state index in [1.807, 2.05) is 12.1 Å². The van der Waals surface area contributed by atoms with Crippen molar-refractivity contribution < 1.29 is 0 Å². The monoisotopic (exact) mass is 273 g/mol. The van der Waals surface area contributed by atoms with Gasteiger partial charge in [0.05, 0.1) is 5.02 Å². The van der Waals surface area contributed by atoms with Crippen LogP contribution in [0.4, 0.5) is 0 Å². The minimum Gasteiger partial charge on any atom is -0.317 e. The number of rotatable bonds is 1. The summed E-state index contributed by atoms with van der Waals surface area (Å²) in [6.07, 6.45) is 2.41. The Morgan fingerprint density at radius 3 is 2.71 bits per heavy atom. The molecule has 2 rings (SSSR count). The van der Waals surface area contributed by atoms with E-state index in [1.54, 1.807) is 0 Å². The van der Waals surface area contributed by atoms with Gasteiger partial charge in [0, 0.05) is 4.47 Å². The second kappa shape index (κ2) is 4.65.